The van der Waals surface area contributed by atoms with Crippen molar-refractivity contribution in [3.8, 4) is 6.07 Å². The second kappa shape index (κ2) is 12.3. The summed E-state index contributed by atoms with van der Waals surface area (Å²) in [5, 5.41) is 9.92. The number of carbonyl (C=O) groups excluding carboxylic acids is 1. The van der Waals surface area contributed by atoms with Crippen molar-refractivity contribution in [2.75, 3.05) is 31.1 Å². The quantitative estimate of drug-likeness (QED) is 0.282. The third-order valence-corrected chi connectivity index (χ3v) is 8.64. The molecule has 0 radical (unpaired) electrons. The summed E-state index contributed by atoms with van der Waals surface area (Å²) in [5.41, 5.74) is 2.39. The third-order valence-electron chi connectivity index (χ3n) is 7.26. The molecule has 2 fully saturated rings. The summed E-state index contributed by atoms with van der Waals surface area (Å²) in [4.78, 5) is 33.6. The topological polar surface area (TPSA) is 85.7 Å². The molecule has 5 rings (SSSR count). The molecule has 1 aromatic carbocycles. The van der Waals surface area contributed by atoms with Crippen LogP contribution >= 0.6 is 24.0 Å². The largest absolute Gasteiger partial charge is 0.467 e. The van der Waals surface area contributed by atoms with Gasteiger partial charge in [0.25, 0.3) is 11.5 Å². The zero-order valence-electron chi connectivity index (χ0n) is 22.6. The zero-order valence-corrected chi connectivity index (χ0v) is 24.3. The Kier molecular flexibility index (Phi) is 8.54. The Labute approximate surface area is 243 Å². The van der Waals surface area contributed by atoms with Crippen LogP contribution in [0.1, 0.15) is 41.4 Å². The molecule has 0 atom stereocenters. The van der Waals surface area contributed by atoms with Gasteiger partial charge in [0.1, 0.15) is 27.5 Å². The maximum Gasteiger partial charge on any atom is 0.270 e. The number of thiocarbonyl (C=S) groups is 1. The Morgan fingerprint density at radius 3 is 2.48 bits per heavy atom. The molecule has 206 valence electrons. The number of anilines is 1. The predicted molar refractivity (Wildman–Crippen MR) is 162 cm³/mol. The molecule has 3 aromatic rings. The van der Waals surface area contributed by atoms with E-state index >= 15 is 0 Å². The molecule has 2 saturated heterocycles. The summed E-state index contributed by atoms with van der Waals surface area (Å²) < 4.78 is 7.59. The lowest BCUT2D eigenvalue weighted by Crippen LogP contribution is -2.48. The predicted octanol–water partition coefficient (Wildman–Crippen LogP) is 4.76. The smallest absolute Gasteiger partial charge is 0.270 e. The van der Waals surface area contributed by atoms with Crippen molar-refractivity contribution in [2.45, 2.75) is 39.9 Å². The number of rotatable bonds is 8. The number of piperazine rings is 1. The number of hydrogen-bond donors (Lipinski definition) is 0. The van der Waals surface area contributed by atoms with Gasteiger partial charge in [0.2, 0.25) is 0 Å². The van der Waals surface area contributed by atoms with Crippen molar-refractivity contribution in [2.24, 2.45) is 0 Å². The number of furan rings is 1. The summed E-state index contributed by atoms with van der Waals surface area (Å²) in [6.45, 7) is 8.52. The Morgan fingerprint density at radius 1 is 1.07 bits per heavy atom. The van der Waals surface area contributed by atoms with Gasteiger partial charge in [-0.3, -0.25) is 24.0 Å². The summed E-state index contributed by atoms with van der Waals surface area (Å²) in [7, 11) is 0. The van der Waals surface area contributed by atoms with E-state index in [0.717, 1.165) is 50.5 Å². The van der Waals surface area contributed by atoms with Gasteiger partial charge in [-0.15, -0.1) is 0 Å². The van der Waals surface area contributed by atoms with Crippen LogP contribution in [0.3, 0.4) is 0 Å². The van der Waals surface area contributed by atoms with Crippen LogP contribution in [-0.4, -0.2) is 50.8 Å². The SMILES string of the molecule is CCCn1c(N2CCN(Cc3ccccc3)CC2)c(C=C2SC(=S)N(Cc3ccco3)C2=O)c(C)c(C#N)c1=O. The normalized spacial score (nSPS) is 17.2. The highest BCUT2D eigenvalue weighted by atomic mass is 32.2. The Morgan fingerprint density at radius 2 is 1.82 bits per heavy atom. The molecule has 0 unspecified atom stereocenters. The molecule has 8 nitrogen and oxygen atoms in total. The minimum atomic E-state index is -0.286. The van der Waals surface area contributed by atoms with E-state index in [4.69, 9.17) is 16.6 Å². The lowest BCUT2D eigenvalue weighted by molar-refractivity contribution is -0.122. The number of pyridine rings is 1. The highest BCUT2D eigenvalue weighted by Crippen LogP contribution is 2.37. The summed E-state index contributed by atoms with van der Waals surface area (Å²) in [6.07, 6.45) is 4.12. The first-order chi connectivity index (χ1) is 19.4. The van der Waals surface area contributed by atoms with Crippen molar-refractivity contribution in [3.63, 3.8) is 0 Å². The maximum atomic E-state index is 13.5. The molecular weight excluding hydrogens is 542 g/mol. The second-order valence-electron chi connectivity index (χ2n) is 9.90. The zero-order chi connectivity index (χ0) is 28.2. The molecule has 0 N–H and O–H groups in total. The van der Waals surface area contributed by atoms with Crippen LogP contribution in [0.5, 0.6) is 0 Å². The molecule has 2 aliphatic heterocycles. The van der Waals surface area contributed by atoms with Gasteiger partial charge in [0.05, 0.1) is 17.7 Å². The number of thioether (sulfide) groups is 1. The van der Waals surface area contributed by atoms with E-state index < -0.39 is 0 Å². The molecule has 40 heavy (non-hydrogen) atoms. The lowest BCUT2D eigenvalue weighted by atomic mass is 10.0. The van der Waals surface area contributed by atoms with Crippen LogP contribution in [0.25, 0.3) is 6.08 Å². The maximum absolute atomic E-state index is 13.5. The number of benzene rings is 1. The molecule has 0 saturated carbocycles. The first-order valence-electron chi connectivity index (χ1n) is 13.4. The molecule has 10 heteroatoms. The van der Waals surface area contributed by atoms with E-state index in [-0.39, 0.29) is 23.6 Å². The average molecular weight is 574 g/mol. The minimum Gasteiger partial charge on any atom is -0.467 e. The molecule has 0 bridgehead atoms. The van der Waals surface area contributed by atoms with Crippen molar-refractivity contribution in [3.05, 3.63) is 92.0 Å². The van der Waals surface area contributed by atoms with Crippen LogP contribution < -0.4 is 10.5 Å². The average Bonchev–Trinajstić information content (AvgIpc) is 3.57. The van der Waals surface area contributed by atoms with Gasteiger partial charge < -0.3 is 9.32 Å². The van der Waals surface area contributed by atoms with E-state index in [1.54, 1.807) is 23.8 Å². The monoisotopic (exact) mass is 573 g/mol. The third kappa shape index (κ3) is 5.63. The fourth-order valence-electron chi connectivity index (χ4n) is 5.20. The number of nitriles is 1. The Balaban J connectivity index is 1.50. The highest BCUT2D eigenvalue weighted by Gasteiger charge is 2.34. The molecule has 0 spiro atoms. The van der Waals surface area contributed by atoms with Crippen molar-refractivity contribution >= 4 is 46.1 Å². The van der Waals surface area contributed by atoms with Crippen LogP contribution in [0.15, 0.2) is 62.8 Å². The Hall–Kier alpha value is -3.65. The van der Waals surface area contributed by atoms with E-state index in [1.165, 1.54) is 22.2 Å². The molecule has 1 amide bonds. The van der Waals surface area contributed by atoms with Crippen LogP contribution in [0.4, 0.5) is 5.82 Å². The Bertz CT molecular complexity index is 1530. The van der Waals surface area contributed by atoms with E-state index in [0.29, 0.717) is 27.1 Å². The van der Waals surface area contributed by atoms with Gasteiger partial charge in [-0.25, -0.2) is 0 Å². The van der Waals surface area contributed by atoms with Crippen LogP contribution in [0, 0.1) is 18.3 Å². The summed E-state index contributed by atoms with van der Waals surface area (Å²) in [6, 6.07) is 16.1. The van der Waals surface area contributed by atoms with Gasteiger partial charge in [0, 0.05) is 44.8 Å². The summed E-state index contributed by atoms with van der Waals surface area (Å²) >= 11 is 6.77. The van der Waals surface area contributed by atoms with Crippen molar-refractivity contribution in [1.29, 1.82) is 5.26 Å². The second-order valence-corrected chi connectivity index (χ2v) is 11.6. The van der Waals surface area contributed by atoms with Gasteiger partial charge in [-0.05, 0) is 42.7 Å². The minimum absolute atomic E-state index is 0.109. The highest BCUT2D eigenvalue weighted by molar-refractivity contribution is 8.26. The number of amides is 1. The fourth-order valence-corrected chi connectivity index (χ4v) is 6.44. The molecule has 2 aromatic heterocycles. The first-order valence-corrected chi connectivity index (χ1v) is 14.6. The van der Waals surface area contributed by atoms with Crippen LogP contribution in [0.2, 0.25) is 0 Å². The molecule has 0 aliphatic carbocycles. The van der Waals surface area contributed by atoms with Gasteiger partial charge in [-0.2, -0.15) is 5.26 Å². The van der Waals surface area contributed by atoms with Crippen molar-refractivity contribution in [1.82, 2.24) is 14.4 Å². The molecule has 2 aliphatic rings. The van der Waals surface area contributed by atoms with Gasteiger partial charge >= 0.3 is 0 Å². The molecular formula is C30H31N5O3S2. The van der Waals surface area contributed by atoms with Crippen LogP contribution in [-0.2, 0) is 24.4 Å². The number of carbonyl (C=O) groups is 1. The number of aromatic nitrogens is 1. The van der Waals surface area contributed by atoms with E-state index in [9.17, 15) is 14.9 Å². The van der Waals surface area contributed by atoms with E-state index in [1.807, 2.05) is 25.1 Å². The first kappa shape index (κ1) is 27.9. The lowest BCUT2D eigenvalue weighted by Gasteiger charge is -2.38. The van der Waals surface area contributed by atoms with E-state index in [2.05, 4.69) is 40.1 Å². The van der Waals surface area contributed by atoms with Gasteiger partial charge in [-0.1, -0.05) is 61.2 Å². The molecule has 4 heterocycles. The summed E-state index contributed by atoms with van der Waals surface area (Å²) in [5.74, 6) is 1.20. The van der Waals surface area contributed by atoms with Crippen molar-refractivity contribution < 1.29 is 9.21 Å². The standard InChI is InChI=1S/C30H31N5O3S2/c1-3-11-34-27(33-14-12-32(13-15-33)19-22-8-5-4-6-9-22)24(21(2)25(18-31)28(34)36)17-26-29(37)35(30(39)40-26)20-23-10-7-16-38-23/h4-10,16-17H,3,11-15,19-20H2,1-2H3. The fraction of sp³-hybridized carbons (Fsp3) is 0.333. The van der Waals surface area contributed by atoms with Gasteiger partial charge in [0.15, 0.2) is 0 Å². The number of hydrogen-bond acceptors (Lipinski definition) is 8. The number of nitrogens with zero attached hydrogens (tertiary/aromatic N) is 5.